The third kappa shape index (κ3) is 2.90. The lowest BCUT2D eigenvalue weighted by molar-refractivity contribution is -0.118. The van der Waals surface area contributed by atoms with Gasteiger partial charge in [0, 0.05) is 10.0 Å². The minimum Gasteiger partial charge on any atom is -0.481 e. The molecule has 2 amide bonds. The highest BCUT2D eigenvalue weighted by atomic mass is 79.9. The molecule has 3 rings (SSSR count). The molecule has 0 saturated carbocycles. The summed E-state index contributed by atoms with van der Waals surface area (Å²) in [5, 5.41) is 5.49. The highest BCUT2D eigenvalue weighted by molar-refractivity contribution is 9.10. The zero-order valence-electron chi connectivity index (χ0n) is 10.9. The van der Waals surface area contributed by atoms with Gasteiger partial charge in [0.2, 0.25) is 0 Å². The lowest BCUT2D eigenvalue weighted by Crippen LogP contribution is -2.26. The molecule has 0 saturated heterocycles. The van der Waals surface area contributed by atoms with Gasteiger partial charge in [-0.1, -0.05) is 28.1 Å². The molecule has 0 spiro atoms. The van der Waals surface area contributed by atoms with Crippen LogP contribution in [0.25, 0.3) is 0 Å². The molecule has 1 aliphatic rings. The van der Waals surface area contributed by atoms with Gasteiger partial charge in [0.15, 0.2) is 6.61 Å². The Balaban J connectivity index is 1.89. The number of rotatable bonds is 2. The van der Waals surface area contributed by atoms with Crippen molar-refractivity contribution in [3.63, 3.8) is 0 Å². The van der Waals surface area contributed by atoms with E-state index < -0.39 is 0 Å². The highest BCUT2D eigenvalue weighted by Crippen LogP contribution is 2.35. The van der Waals surface area contributed by atoms with Crippen LogP contribution in [0, 0.1) is 0 Å². The molecule has 1 heterocycles. The van der Waals surface area contributed by atoms with Crippen LogP contribution >= 0.6 is 15.9 Å². The first-order chi connectivity index (χ1) is 10.1. The van der Waals surface area contributed by atoms with Gasteiger partial charge in [-0.05, 0) is 30.3 Å². The molecule has 0 radical (unpaired) electrons. The van der Waals surface area contributed by atoms with Crippen LogP contribution in [0.4, 0.5) is 11.4 Å². The van der Waals surface area contributed by atoms with E-state index in [0.29, 0.717) is 22.7 Å². The predicted octanol–water partition coefficient (Wildman–Crippen LogP) is 3.03. The fourth-order valence-electron chi connectivity index (χ4n) is 2.03. The van der Waals surface area contributed by atoms with Crippen molar-refractivity contribution in [2.24, 2.45) is 0 Å². The Bertz CT molecular complexity index is 731. The third-order valence-electron chi connectivity index (χ3n) is 2.98. The summed E-state index contributed by atoms with van der Waals surface area (Å²) in [6.45, 7) is -0.0178. The molecule has 0 bridgehead atoms. The van der Waals surface area contributed by atoms with Crippen molar-refractivity contribution in [1.82, 2.24) is 0 Å². The Morgan fingerprint density at radius 3 is 2.86 bits per heavy atom. The first-order valence-corrected chi connectivity index (χ1v) is 7.05. The monoisotopic (exact) mass is 346 g/mol. The number of nitrogens with one attached hydrogen (secondary N) is 2. The summed E-state index contributed by atoms with van der Waals surface area (Å²) >= 11 is 3.33. The average Bonchev–Trinajstić information content (AvgIpc) is 2.48. The van der Waals surface area contributed by atoms with Crippen molar-refractivity contribution in [3.8, 4) is 5.75 Å². The van der Waals surface area contributed by atoms with E-state index in [1.807, 2.05) is 6.07 Å². The van der Waals surface area contributed by atoms with E-state index in [1.54, 1.807) is 36.4 Å². The maximum absolute atomic E-state index is 12.2. The smallest absolute Gasteiger partial charge is 0.262 e. The summed E-state index contributed by atoms with van der Waals surface area (Å²) in [6.07, 6.45) is 0. The lowest BCUT2D eigenvalue weighted by atomic mass is 10.2. The van der Waals surface area contributed by atoms with E-state index in [0.717, 1.165) is 4.47 Å². The maximum Gasteiger partial charge on any atom is 0.262 e. The number of halogens is 1. The molecule has 2 aromatic rings. The van der Waals surface area contributed by atoms with Crippen LogP contribution in [-0.4, -0.2) is 18.4 Å². The van der Waals surface area contributed by atoms with E-state index >= 15 is 0 Å². The van der Waals surface area contributed by atoms with Gasteiger partial charge in [0.25, 0.3) is 11.8 Å². The van der Waals surface area contributed by atoms with Crippen molar-refractivity contribution in [1.29, 1.82) is 0 Å². The predicted molar refractivity (Wildman–Crippen MR) is 82.7 cm³/mol. The summed E-state index contributed by atoms with van der Waals surface area (Å²) in [4.78, 5) is 23.7. The zero-order chi connectivity index (χ0) is 14.8. The second-order valence-electron chi connectivity index (χ2n) is 4.48. The number of benzene rings is 2. The summed E-state index contributed by atoms with van der Waals surface area (Å²) in [7, 11) is 0. The van der Waals surface area contributed by atoms with Crippen molar-refractivity contribution in [2.45, 2.75) is 0 Å². The first kappa shape index (κ1) is 13.6. The van der Waals surface area contributed by atoms with Crippen LogP contribution < -0.4 is 15.4 Å². The number of hydrogen-bond acceptors (Lipinski definition) is 3. The van der Waals surface area contributed by atoms with Gasteiger partial charge in [0.1, 0.15) is 11.4 Å². The fraction of sp³-hybridized carbons (Fsp3) is 0.0667. The number of para-hydroxylation sites is 1. The Morgan fingerprint density at radius 2 is 2.05 bits per heavy atom. The molecular weight excluding hydrogens is 336 g/mol. The first-order valence-electron chi connectivity index (χ1n) is 6.26. The molecule has 5 nitrogen and oxygen atoms in total. The molecule has 0 fully saturated rings. The number of hydrogen-bond donors (Lipinski definition) is 2. The van der Waals surface area contributed by atoms with Crippen molar-refractivity contribution in [2.75, 3.05) is 17.2 Å². The van der Waals surface area contributed by atoms with E-state index in [4.69, 9.17) is 4.74 Å². The molecule has 1 aliphatic heterocycles. The molecule has 0 unspecified atom stereocenters. The minimum absolute atomic E-state index is 0.0178. The molecule has 106 valence electrons. The van der Waals surface area contributed by atoms with Gasteiger partial charge >= 0.3 is 0 Å². The third-order valence-corrected chi connectivity index (χ3v) is 3.48. The van der Waals surface area contributed by atoms with Gasteiger partial charge in [0.05, 0.1) is 5.69 Å². The van der Waals surface area contributed by atoms with Crippen LogP contribution in [-0.2, 0) is 4.79 Å². The van der Waals surface area contributed by atoms with Crippen LogP contribution in [0.15, 0.2) is 46.9 Å². The number of fused-ring (bicyclic) bond motifs is 1. The Morgan fingerprint density at radius 1 is 1.24 bits per heavy atom. The normalized spacial score (nSPS) is 12.9. The summed E-state index contributed by atoms with van der Waals surface area (Å²) in [5.41, 5.74) is 1.51. The number of carbonyl (C=O) groups excluding carboxylic acids is 2. The molecule has 0 aromatic heterocycles. The Kier molecular flexibility index (Phi) is 3.62. The summed E-state index contributed by atoms with van der Waals surface area (Å²) < 4.78 is 6.13. The molecule has 21 heavy (non-hydrogen) atoms. The SMILES string of the molecule is O=C1COc2cccc(NC(=O)c3cccc(Br)c3)c2N1. The van der Waals surface area contributed by atoms with Gasteiger partial charge < -0.3 is 15.4 Å². The number of ether oxygens (including phenoxy) is 1. The molecule has 2 N–H and O–H groups in total. The van der Waals surface area contributed by atoms with Crippen LogP contribution in [0.1, 0.15) is 10.4 Å². The van der Waals surface area contributed by atoms with Gasteiger partial charge in [-0.3, -0.25) is 9.59 Å². The summed E-state index contributed by atoms with van der Waals surface area (Å²) in [5.74, 6) is 0.0396. The lowest BCUT2D eigenvalue weighted by Gasteiger charge is -2.20. The molecule has 2 aromatic carbocycles. The molecule has 0 atom stereocenters. The standard InChI is InChI=1S/C15H11BrN2O3/c16-10-4-1-3-9(7-10)15(20)17-11-5-2-6-12-14(11)18-13(19)8-21-12/h1-7H,8H2,(H,17,20)(H,18,19). The quantitative estimate of drug-likeness (QED) is 0.878. The van der Waals surface area contributed by atoms with Crippen molar-refractivity contribution < 1.29 is 14.3 Å². The highest BCUT2D eigenvalue weighted by Gasteiger charge is 2.20. The molecular formula is C15H11BrN2O3. The number of anilines is 2. The molecule has 6 heteroatoms. The molecule has 0 aliphatic carbocycles. The van der Waals surface area contributed by atoms with Crippen molar-refractivity contribution >= 4 is 39.1 Å². The second-order valence-corrected chi connectivity index (χ2v) is 5.40. The van der Waals surface area contributed by atoms with E-state index in [9.17, 15) is 9.59 Å². The van der Waals surface area contributed by atoms with Crippen LogP contribution in [0.2, 0.25) is 0 Å². The maximum atomic E-state index is 12.2. The fourth-order valence-corrected chi connectivity index (χ4v) is 2.43. The zero-order valence-corrected chi connectivity index (χ0v) is 12.4. The second kappa shape index (κ2) is 5.57. The summed E-state index contributed by atoms with van der Waals surface area (Å²) in [6, 6.07) is 12.3. The topological polar surface area (TPSA) is 67.4 Å². The van der Waals surface area contributed by atoms with Gasteiger partial charge in [-0.2, -0.15) is 0 Å². The number of amides is 2. The minimum atomic E-state index is -0.260. The van der Waals surface area contributed by atoms with Crippen LogP contribution in [0.5, 0.6) is 5.75 Å². The van der Waals surface area contributed by atoms with Gasteiger partial charge in [-0.25, -0.2) is 0 Å². The van der Waals surface area contributed by atoms with E-state index in [2.05, 4.69) is 26.6 Å². The van der Waals surface area contributed by atoms with Crippen LogP contribution in [0.3, 0.4) is 0 Å². The Hall–Kier alpha value is -2.34. The van der Waals surface area contributed by atoms with Crippen molar-refractivity contribution in [3.05, 3.63) is 52.5 Å². The Labute approximate surface area is 129 Å². The van der Waals surface area contributed by atoms with E-state index in [-0.39, 0.29) is 18.4 Å². The van der Waals surface area contributed by atoms with Gasteiger partial charge in [-0.15, -0.1) is 0 Å². The number of carbonyl (C=O) groups is 2. The van der Waals surface area contributed by atoms with E-state index in [1.165, 1.54) is 0 Å². The average molecular weight is 347 g/mol. The largest absolute Gasteiger partial charge is 0.481 e.